The van der Waals surface area contributed by atoms with Crippen molar-refractivity contribution in [1.82, 2.24) is 0 Å². The highest BCUT2D eigenvalue weighted by Gasteiger charge is 2.23. The number of nitrogens with two attached hydrogens (primary N) is 1. The van der Waals surface area contributed by atoms with E-state index in [0.717, 1.165) is 0 Å². The van der Waals surface area contributed by atoms with E-state index in [1.807, 2.05) is 0 Å². The molecule has 1 aromatic rings. The molecule has 0 radical (unpaired) electrons. The molecule has 0 bridgehead atoms. The Morgan fingerprint density at radius 1 is 1.30 bits per heavy atom. The van der Waals surface area contributed by atoms with Crippen LogP contribution >= 0.6 is 0 Å². The summed E-state index contributed by atoms with van der Waals surface area (Å²) in [5.74, 6) is -2.71. The minimum atomic E-state index is -3.55. The molecule has 20 heavy (non-hydrogen) atoms. The first-order valence-electron chi connectivity index (χ1n) is 5.93. The molecule has 1 amide bonds. The highest BCUT2D eigenvalue weighted by atomic mass is 32.2. The van der Waals surface area contributed by atoms with E-state index in [0.29, 0.717) is 5.56 Å². The van der Waals surface area contributed by atoms with Gasteiger partial charge in [-0.25, -0.2) is 8.42 Å². The van der Waals surface area contributed by atoms with Crippen LogP contribution < -0.4 is 5.73 Å². The standard InChI is InChI=1S/C13H17NO5S/c1-9(13(16)19-2)7-20(17,18)8-10-5-3-4-6-11(10)12(14)15/h3-6,9H,7-8H2,1-2H3,(H2,14,15). The van der Waals surface area contributed by atoms with Gasteiger partial charge in [0.25, 0.3) is 0 Å². The van der Waals surface area contributed by atoms with E-state index in [2.05, 4.69) is 4.74 Å². The molecule has 1 unspecified atom stereocenters. The van der Waals surface area contributed by atoms with Crippen molar-refractivity contribution < 1.29 is 22.7 Å². The molecule has 0 aliphatic heterocycles. The number of benzene rings is 1. The number of hydrogen-bond donors (Lipinski definition) is 1. The minimum absolute atomic E-state index is 0.168. The number of carbonyl (C=O) groups is 2. The zero-order chi connectivity index (χ0) is 15.3. The summed E-state index contributed by atoms with van der Waals surface area (Å²) >= 11 is 0. The lowest BCUT2D eigenvalue weighted by Crippen LogP contribution is -2.24. The van der Waals surface area contributed by atoms with E-state index >= 15 is 0 Å². The van der Waals surface area contributed by atoms with Gasteiger partial charge < -0.3 is 10.5 Å². The number of ether oxygens (including phenoxy) is 1. The average molecular weight is 299 g/mol. The Bertz CT molecular complexity index is 609. The van der Waals surface area contributed by atoms with Gasteiger partial charge in [0.2, 0.25) is 5.91 Å². The normalized spacial score (nSPS) is 12.7. The SMILES string of the molecule is COC(=O)C(C)CS(=O)(=O)Cc1ccccc1C(N)=O. The Morgan fingerprint density at radius 3 is 2.45 bits per heavy atom. The quantitative estimate of drug-likeness (QED) is 0.771. The number of sulfone groups is 1. The number of primary amides is 1. The molecule has 0 aliphatic carbocycles. The molecule has 2 N–H and O–H groups in total. The van der Waals surface area contributed by atoms with E-state index in [1.165, 1.54) is 26.2 Å². The molecule has 7 heteroatoms. The Morgan fingerprint density at radius 2 is 1.90 bits per heavy atom. The second-order valence-electron chi connectivity index (χ2n) is 4.50. The summed E-state index contributed by atoms with van der Waals surface area (Å²) < 4.78 is 28.6. The van der Waals surface area contributed by atoms with Crippen molar-refractivity contribution in [3.8, 4) is 0 Å². The lowest BCUT2D eigenvalue weighted by molar-refractivity contribution is -0.144. The minimum Gasteiger partial charge on any atom is -0.469 e. The Hall–Kier alpha value is -1.89. The van der Waals surface area contributed by atoms with Gasteiger partial charge in [-0.05, 0) is 11.6 Å². The van der Waals surface area contributed by atoms with Crippen molar-refractivity contribution in [2.75, 3.05) is 12.9 Å². The van der Waals surface area contributed by atoms with Crippen LogP contribution in [0.25, 0.3) is 0 Å². The molecule has 1 atom stereocenters. The van der Waals surface area contributed by atoms with Gasteiger partial charge in [-0.1, -0.05) is 25.1 Å². The van der Waals surface area contributed by atoms with E-state index in [-0.39, 0.29) is 17.1 Å². The predicted octanol–water partition coefficient (Wildman–Crippen LogP) is 0.509. The zero-order valence-corrected chi connectivity index (χ0v) is 12.1. The lowest BCUT2D eigenvalue weighted by atomic mass is 10.1. The fourth-order valence-corrected chi connectivity index (χ4v) is 3.57. The third-order valence-electron chi connectivity index (χ3n) is 2.77. The van der Waals surface area contributed by atoms with Crippen molar-refractivity contribution in [3.63, 3.8) is 0 Å². The van der Waals surface area contributed by atoms with Gasteiger partial charge in [0.05, 0.1) is 24.5 Å². The fraction of sp³-hybridized carbons (Fsp3) is 0.385. The van der Waals surface area contributed by atoms with Gasteiger partial charge in [0.1, 0.15) is 0 Å². The zero-order valence-electron chi connectivity index (χ0n) is 11.3. The third-order valence-corrected chi connectivity index (χ3v) is 4.52. The smallest absolute Gasteiger partial charge is 0.309 e. The third kappa shape index (κ3) is 4.34. The molecule has 6 nitrogen and oxygen atoms in total. The Kier molecular flexibility index (Phi) is 5.26. The van der Waals surface area contributed by atoms with Crippen LogP contribution in [0.4, 0.5) is 0 Å². The summed E-state index contributed by atoms with van der Waals surface area (Å²) in [4.78, 5) is 22.5. The van der Waals surface area contributed by atoms with Crippen molar-refractivity contribution in [1.29, 1.82) is 0 Å². The summed E-state index contributed by atoms with van der Waals surface area (Å²) in [6, 6.07) is 6.23. The number of rotatable bonds is 6. The molecular formula is C13H17NO5S. The predicted molar refractivity (Wildman–Crippen MR) is 73.6 cm³/mol. The Labute approximate surface area is 117 Å². The van der Waals surface area contributed by atoms with Gasteiger partial charge in [-0.3, -0.25) is 9.59 Å². The number of methoxy groups -OCH3 is 1. The molecular weight excluding hydrogens is 282 g/mol. The van der Waals surface area contributed by atoms with Crippen LogP contribution in [0, 0.1) is 5.92 Å². The van der Waals surface area contributed by atoms with Crippen LogP contribution in [0.3, 0.4) is 0 Å². The molecule has 0 fully saturated rings. The van der Waals surface area contributed by atoms with E-state index in [9.17, 15) is 18.0 Å². The molecule has 110 valence electrons. The van der Waals surface area contributed by atoms with Crippen LogP contribution in [-0.2, 0) is 25.1 Å². The van der Waals surface area contributed by atoms with Gasteiger partial charge in [-0.15, -0.1) is 0 Å². The largest absolute Gasteiger partial charge is 0.469 e. The summed E-state index contributed by atoms with van der Waals surface area (Å²) in [5.41, 5.74) is 5.70. The van der Waals surface area contributed by atoms with E-state index in [1.54, 1.807) is 12.1 Å². The summed E-state index contributed by atoms with van der Waals surface area (Å²) in [7, 11) is -2.35. The number of carbonyl (C=O) groups excluding carboxylic acids is 2. The van der Waals surface area contributed by atoms with E-state index in [4.69, 9.17) is 5.73 Å². The first-order valence-corrected chi connectivity index (χ1v) is 7.75. The van der Waals surface area contributed by atoms with Gasteiger partial charge in [0.15, 0.2) is 9.84 Å². The Balaban J connectivity index is 2.92. The van der Waals surface area contributed by atoms with Crippen molar-refractivity contribution >= 4 is 21.7 Å². The first-order chi connectivity index (χ1) is 9.26. The van der Waals surface area contributed by atoms with Crippen LogP contribution in [0.1, 0.15) is 22.8 Å². The molecule has 0 aromatic heterocycles. The van der Waals surface area contributed by atoms with Crippen LogP contribution in [-0.4, -0.2) is 33.2 Å². The number of esters is 1. The van der Waals surface area contributed by atoms with Gasteiger partial charge in [0, 0.05) is 5.56 Å². The van der Waals surface area contributed by atoms with Crippen molar-refractivity contribution in [2.24, 2.45) is 11.7 Å². The molecule has 1 rings (SSSR count). The number of amides is 1. The van der Waals surface area contributed by atoms with Crippen molar-refractivity contribution in [3.05, 3.63) is 35.4 Å². The monoisotopic (exact) mass is 299 g/mol. The molecule has 0 heterocycles. The maximum absolute atomic E-state index is 12.0. The maximum atomic E-state index is 12.0. The lowest BCUT2D eigenvalue weighted by Gasteiger charge is -2.11. The molecule has 0 aliphatic rings. The highest BCUT2D eigenvalue weighted by Crippen LogP contribution is 2.15. The molecule has 0 spiro atoms. The van der Waals surface area contributed by atoms with Crippen molar-refractivity contribution in [2.45, 2.75) is 12.7 Å². The average Bonchev–Trinajstić information content (AvgIpc) is 2.36. The topological polar surface area (TPSA) is 104 Å². The van der Waals surface area contributed by atoms with Gasteiger partial charge >= 0.3 is 5.97 Å². The summed E-state index contributed by atoms with van der Waals surface area (Å²) in [6.07, 6.45) is 0. The number of hydrogen-bond acceptors (Lipinski definition) is 5. The van der Waals surface area contributed by atoms with Crippen LogP contribution in [0.15, 0.2) is 24.3 Å². The summed E-state index contributed by atoms with van der Waals surface area (Å²) in [5, 5.41) is 0. The highest BCUT2D eigenvalue weighted by molar-refractivity contribution is 7.90. The van der Waals surface area contributed by atoms with Gasteiger partial charge in [-0.2, -0.15) is 0 Å². The van der Waals surface area contributed by atoms with Crippen LogP contribution in [0.2, 0.25) is 0 Å². The second kappa shape index (κ2) is 6.51. The maximum Gasteiger partial charge on any atom is 0.309 e. The summed E-state index contributed by atoms with van der Waals surface area (Å²) in [6.45, 7) is 1.48. The molecule has 0 saturated heterocycles. The second-order valence-corrected chi connectivity index (χ2v) is 6.61. The molecule has 1 aromatic carbocycles. The first kappa shape index (κ1) is 16.2. The van der Waals surface area contributed by atoms with E-state index < -0.39 is 27.6 Å². The molecule has 0 saturated carbocycles. The fourth-order valence-electron chi connectivity index (χ4n) is 1.83. The van der Waals surface area contributed by atoms with Crippen LogP contribution in [0.5, 0.6) is 0 Å².